The van der Waals surface area contributed by atoms with Gasteiger partial charge in [0.05, 0.1) is 31.1 Å². The molecule has 1 aliphatic heterocycles. The number of hydrogen-bond donors (Lipinski definition) is 1. The lowest BCUT2D eigenvalue weighted by Crippen LogP contribution is -2.44. The molecule has 5 heteroatoms. The van der Waals surface area contributed by atoms with E-state index in [0.717, 1.165) is 45.0 Å². The van der Waals surface area contributed by atoms with Crippen molar-refractivity contribution in [2.24, 2.45) is 0 Å². The summed E-state index contributed by atoms with van der Waals surface area (Å²) in [4.78, 5) is 6.64. The molecular formula is C15H24FN3O. The molecule has 4 nitrogen and oxygen atoms in total. The fourth-order valence-corrected chi connectivity index (χ4v) is 2.58. The lowest BCUT2D eigenvalue weighted by Gasteiger charge is -2.34. The first-order valence-electron chi connectivity index (χ1n) is 7.37. The van der Waals surface area contributed by atoms with Gasteiger partial charge in [-0.15, -0.1) is 0 Å². The van der Waals surface area contributed by atoms with Gasteiger partial charge in [0.25, 0.3) is 0 Å². The van der Waals surface area contributed by atoms with Crippen LogP contribution in [0.3, 0.4) is 0 Å². The molecule has 2 atom stereocenters. The van der Waals surface area contributed by atoms with E-state index in [1.807, 2.05) is 0 Å². The number of hydrogen-bond acceptors (Lipinski definition) is 4. The van der Waals surface area contributed by atoms with Gasteiger partial charge in [-0.2, -0.15) is 0 Å². The number of morpholine rings is 1. The van der Waals surface area contributed by atoms with E-state index in [9.17, 15) is 4.39 Å². The summed E-state index contributed by atoms with van der Waals surface area (Å²) in [7, 11) is 0. The number of halogens is 1. The highest BCUT2D eigenvalue weighted by Gasteiger charge is 2.20. The SMILES string of the molecule is CCNC(CCN1CCOCC1C)c1ccc(F)cn1. The first-order valence-corrected chi connectivity index (χ1v) is 7.37. The highest BCUT2D eigenvalue weighted by molar-refractivity contribution is 5.10. The van der Waals surface area contributed by atoms with Gasteiger partial charge in [0, 0.05) is 19.1 Å². The van der Waals surface area contributed by atoms with E-state index in [4.69, 9.17) is 4.74 Å². The third-order valence-electron chi connectivity index (χ3n) is 3.77. The molecule has 1 aliphatic rings. The Balaban J connectivity index is 1.93. The summed E-state index contributed by atoms with van der Waals surface area (Å²) in [5.74, 6) is -0.286. The van der Waals surface area contributed by atoms with Crippen LogP contribution < -0.4 is 5.32 Å². The molecule has 2 heterocycles. The summed E-state index contributed by atoms with van der Waals surface area (Å²) < 4.78 is 18.4. The maximum Gasteiger partial charge on any atom is 0.141 e. The fourth-order valence-electron chi connectivity index (χ4n) is 2.58. The van der Waals surface area contributed by atoms with Crippen LogP contribution in [0.2, 0.25) is 0 Å². The third kappa shape index (κ3) is 4.23. The van der Waals surface area contributed by atoms with Gasteiger partial charge in [-0.3, -0.25) is 9.88 Å². The number of nitrogens with one attached hydrogen (secondary N) is 1. The van der Waals surface area contributed by atoms with Crippen LogP contribution in [0.25, 0.3) is 0 Å². The van der Waals surface area contributed by atoms with Crippen LogP contribution in [0.1, 0.15) is 32.0 Å². The molecule has 2 unspecified atom stereocenters. The van der Waals surface area contributed by atoms with Crippen LogP contribution in [0, 0.1) is 5.82 Å². The molecule has 112 valence electrons. The number of nitrogens with zero attached hydrogens (tertiary/aromatic N) is 2. The lowest BCUT2D eigenvalue weighted by atomic mass is 10.1. The van der Waals surface area contributed by atoms with Crippen LogP contribution in [0.15, 0.2) is 18.3 Å². The molecule has 0 aromatic carbocycles. The molecule has 1 aromatic heterocycles. The van der Waals surface area contributed by atoms with Gasteiger partial charge in [0.2, 0.25) is 0 Å². The molecule has 0 bridgehead atoms. The van der Waals surface area contributed by atoms with E-state index in [1.54, 1.807) is 6.07 Å². The van der Waals surface area contributed by atoms with E-state index >= 15 is 0 Å². The maximum atomic E-state index is 13.0. The Bertz CT molecular complexity index is 399. The van der Waals surface area contributed by atoms with Crippen LogP contribution in [-0.2, 0) is 4.74 Å². The van der Waals surface area contributed by atoms with Crippen LogP contribution >= 0.6 is 0 Å². The molecule has 0 saturated carbocycles. The average Bonchev–Trinajstić information content (AvgIpc) is 2.46. The Morgan fingerprint density at radius 3 is 3.05 bits per heavy atom. The zero-order valence-electron chi connectivity index (χ0n) is 12.3. The topological polar surface area (TPSA) is 37.4 Å². The Labute approximate surface area is 120 Å². The van der Waals surface area contributed by atoms with Gasteiger partial charge < -0.3 is 10.1 Å². The van der Waals surface area contributed by atoms with Crippen molar-refractivity contribution in [3.05, 3.63) is 29.8 Å². The van der Waals surface area contributed by atoms with E-state index in [-0.39, 0.29) is 11.9 Å². The predicted octanol–water partition coefficient (Wildman–Crippen LogP) is 1.98. The molecular weight excluding hydrogens is 257 g/mol. The van der Waals surface area contributed by atoms with E-state index in [2.05, 4.69) is 29.0 Å². The van der Waals surface area contributed by atoms with Crippen molar-refractivity contribution in [1.82, 2.24) is 15.2 Å². The second kappa shape index (κ2) is 7.67. The highest BCUT2D eigenvalue weighted by Crippen LogP contribution is 2.17. The molecule has 0 radical (unpaired) electrons. The molecule has 2 rings (SSSR count). The van der Waals surface area contributed by atoms with E-state index < -0.39 is 0 Å². The second-order valence-electron chi connectivity index (χ2n) is 5.26. The van der Waals surface area contributed by atoms with Gasteiger partial charge in [-0.1, -0.05) is 6.92 Å². The molecule has 20 heavy (non-hydrogen) atoms. The summed E-state index contributed by atoms with van der Waals surface area (Å²) in [6, 6.07) is 3.89. The zero-order chi connectivity index (χ0) is 14.4. The predicted molar refractivity (Wildman–Crippen MR) is 77.1 cm³/mol. The van der Waals surface area contributed by atoms with Gasteiger partial charge in [0.15, 0.2) is 0 Å². The van der Waals surface area contributed by atoms with Crippen molar-refractivity contribution in [2.75, 3.05) is 32.8 Å². The van der Waals surface area contributed by atoms with Crippen molar-refractivity contribution >= 4 is 0 Å². The summed E-state index contributed by atoms with van der Waals surface area (Å²) in [6.07, 6.45) is 2.26. The smallest absolute Gasteiger partial charge is 0.141 e. The maximum absolute atomic E-state index is 13.0. The van der Waals surface area contributed by atoms with Crippen LogP contribution in [0.5, 0.6) is 0 Å². The van der Waals surface area contributed by atoms with Crippen LogP contribution in [0.4, 0.5) is 4.39 Å². The van der Waals surface area contributed by atoms with Gasteiger partial charge in [-0.05, 0) is 32.0 Å². The molecule has 1 saturated heterocycles. The zero-order valence-corrected chi connectivity index (χ0v) is 12.3. The Hall–Kier alpha value is -1.04. The molecule has 0 aliphatic carbocycles. The number of pyridine rings is 1. The minimum atomic E-state index is -0.286. The fraction of sp³-hybridized carbons (Fsp3) is 0.667. The minimum absolute atomic E-state index is 0.177. The Morgan fingerprint density at radius 1 is 1.55 bits per heavy atom. The quantitative estimate of drug-likeness (QED) is 0.865. The summed E-state index contributed by atoms with van der Waals surface area (Å²) in [6.45, 7) is 8.75. The minimum Gasteiger partial charge on any atom is -0.379 e. The van der Waals surface area contributed by atoms with Gasteiger partial charge in [0.1, 0.15) is 5.82 Å². The normalized spacial score (nSPS) is 21.9. The Morgan fingerprint density at radius 2 is 2.40 bits per heavy atom. The van der Waals surface area contributed by atoms with Crippen molar-refractivity contribution in [3.63, 3.8) is 0 Å². The van der Waals surface area contributed by atoms with E-state index in [1.165, 1.54) is 12.3 Å². The third-order valence-corrected chi connectivity index (χ3v) is 3.77. The van der Waals surface area contributed by atoms with Crippen molar-refractivity contribution in [1.29, 1.82) is 0 Å². The number of ether oxygens (including phenoxy) is 1. The first-order chi connectivity index (χ1) is 9.70. The number of aromatic nitrogens is 1. The van der Waals surface area contributed by atoms with Crippen molar-refractivity contribution < 1.29 is 9.13 Å². The van der Waals surface area contributed by atoms with Crippen molar-refractivity contribution in [3.8, 4) is 0 Å². The van der Waals surface area contributed by atoms with Gasteiger partial charge >= 0.3 is 0 Å². The molecule has 1 fully saturated rings. The highest BCUT2D eigenvalue weighted by atomic mass is 19.1. The monoisotopic (exact) mass is 281 g/mol. The molecule has 0 amide bonds. The summed E-state index contributed by atoms with van der Waals surface area (Å²) in [5.41, 5.74) is 0.911. The van der Waals surface area contributed by atoms with Gasteiger partial charge in [-0.25, -0.2) is 4.39 Å². The number of rotatable bonds is 6. The first kappa shape index (κ1) is 15.4. The molecule has 0 spiro atoms. The largest absolute Gasteiger partial charge is 0.379 e. The molecule has 1 N–H and O–H groups in total. The molecule has 1 aromatic rings. The van der Waals surface area contributed by atoms with E-state index in [0.29, 0.717) is 6.04 Å². The summed E-state index contributed by atoms with van der Waals surface area (Å²) in [5, 5.41) is 3.43. The lowest BCUT2D eigenvalue weighted by molar-refractivity contribution is -0.00185. The summed E-state index contributed by atoms with van der Waals surface area (Å²) >= 11 is 0. The van der Waals surface area contributed by atoms with Crippen LogP contribution in [-0.4, -0.2) is 48.8 Å². The Kier molecular flexibility index (Phi) is 5.88. The average molecular weight is 281 g/mol. The standard InChI is InChI=1S/C15H24FN3O/c1-3-17-15(14-5-4-13(16)10-18-14)6-7-19-8-9-20-11-12(19)2/h4-5,10,12,15,17H,3,6-9,11H2,1-2H3. The van der Waals surface area contributed by atoms with Crippen molar-refractivity contribution in [2.45, 2.75) is 32.4 Å². The second-order valence-corrected chi connectivity index (χ2v) is 5.26.